The molecule has 1 aromatic heterocycles. The van der Waals surface area contributed by atoms with Crippen molar-refractivity contribution in [3.05, 3.63) is 214 Å². The van der Waals surface area contributed by atoms with Crippen LogP contribution in [0, 0.1) is 6.92 Å². The molecule has 0 aliphatic rings. The summed E-state index contributed by atoms with van der Waals surface area (Å²) in [5.41, 5.74) is 13.2. The lowest BCUT2D eigenvalue weighted by atomic mass is 9.84. The quantitative estimate of drug-likeness (QED) is 0.153. The van der Waals surface area contributed by atoms with Crippen molar-refractivity contribution >= 4 is 23.3 Å². The Hall–Kier alpha value is -6.06. The first kappa shape index (κ1) is 29.6. The Kier molecular flexibility index (Phi) is 8.78. The molecular weight excluding hydrogens is 571 g/mol. The number of aromatic nitrogens is 3. The van der Waals surface area contributed by atoms with Gasteiger partial charge in [-0.15, -0.1) is 5.10 Å². The van der Waals surface area contributed by atoms with E-state index in [1.54, 1.807) is 0 Å². The van der Waals surface area contributed by atoms with Crippen molar-refractivity contribution in [2.45, 2.75) is 13.5 Å². The van der Waals surface area contributed by atoms with E-state index in [9.17, 15) is 0 Å². The third-order valence-electron chi connectivity index (χ3n) is 8.30. The van der Waals surface area contributed by atoms with Gasteiger partial charge in [0, 0.05) is 5.56 Å². The average Bonchev–Trinajstić information content (AvgIpc) is 3.60. The molecule has 3 nitrogen and oxygen atoms in total. The average molecular weight is 606 g/mol. The summed E-state index contributed by atoms with van der Waals surface area (Å²) >= 11 is 0. The molecule has 0 spiro atoms. The molecular formula is C44H35N3. The summed E-state index contributed by atoms with van der Waals surface area (Å²) in [5.74, 6) is 0. The number of hydrogen-bond acceptors (Lipinski definition) is 2. The highest BCUT2D eigenvalue weighted by atomic mass is 15.4. The number of nitrogens with zero attached hydrogens (tertiary/aromatic N) is 3. The Morgan fingerprint density at radius 2 is 1.00 bits per heavy atom. The van der Waals surface area contributed by atoms with E-state index in [1.807, 2.05) is 4.68 Å². The first-order valence-corrected chi connectivity index (χ1v) is 16.0. The molecule has 226 valence electrons. The Morgan fingerprint density at radius 1 is 0.532 bits per heavy atom. The zero-order valence-electron chi connectivity index (χ0n) is 26.4. The first-order chi connectivity index (χ1) is 23.2. The van der Waals surface area contributed by atoms with Crippen LogP contribution in [-0.2, 0) is 6.54 Å². The molecule has 0 aliphatic carbocycles. The molecule has 0 bridgehead atoms. The molecule has 7 rings (SSSR count). The standard InChI is InChI=1S/C44H35N3/c1-33-25-27-36(28-26-33)31-47-32-43(45-46-47)44-39(41(37-19-10-4-11-20-37)29-34-15-6-2-7-16-34)23-14-24-40(44)42(38-21-12-5-13-22-38)30-35-17-8-3-9-18-35/h2-30,32H,31H2,1H3/b41-29+,42-30+. The van der Waals surface area contributed by atoms with Crippen LogP contribution in [0.1, 0.15) is 44.5 Å². The van der Waals surface area contributed by atoms with Gasteiger partial charge >= 0.3 is 0 Å². The van der Waals surface area contributed by atoms with Crippen LogP contribution in [0.15, 0.2) is 170 Å². The number of hydrogen-bond donors (Lipinski definition) is 0. The van der Waals surface area contributed by atoms with Crippen molar-refractivity contribution in [3.63, 3.8) is 0 Å². The monoisotopic (exact) mass is 605 g/mol. The Balaban J connectivity index is 1.48. The van der Waals surface area contributed by atoms with Crippen LogP contribution in [0.5, 0.6) is 0 Å². The number of aryl methyl sites for hydroxylation is 1. The second-order valence-electron chi connectivity index (χ2n) is 11.7. The highest BCUT2D eigenvalue weighted by molar-refractivity contribution is 6.03. The predicted octanol–water partition coefficient (Wildman–Crippen LogP) is 10.5. The lowest BCUT2D eigenvalue weighted by molar-refractivity contribution is 0.649. The zero-order chi connectivity index (χ0) is 31.8. The fraction of sp³-hybridized carbons (Fsp3) is 0.0455. The maximum Gasteiger partial charge on any atom is 0.114 e. The predicted molar refractivity (Wildman–Crippen MR) is 195 cm³/mol. The van der Waals surface area contributed by atoms with Crippen molar-refractivity contribution in [1.29, 1.82) is 0 Å². The highest BCUT2D eigenvalue weighted by Crippen LogP contribution is 2.40. The van der Waals surface area contributed by atoms with Crippen LogP contribution in [0.2, 0.25) is 0 Å². The molecule has 0 amide bonds. The van der Waals surface area contributed by atoms with Gasteiger partial charge in [-0.25, -0.2) is 4.68 Å². The van der Waals surface area contributed by atoms with Gasteiger partial charge in [-0.3, -0.25) is 0 Å². The van der Waals surface area contributed by atoms with Gasteiger partial charge in [0.1, 0.15) is 5.69 Å². The van der Waals surface area contributed by atoms with Crippen molar-refractivity contribution in [2.24, 2.45) is 0 Å². The SMILES string of the molecule is Cc1ccc(Cn2cc(-c3c(/C(=C/c4ccccc4)c4ccccc4)cccc3/C(=C/c3ccccc3)c3ccccc3)nn2)cc1. The van der Waals surface area contributed by atoms with Gasteiger partial charge in [0.25, 0.3) is 0 Å². The molecule has 0 fully saturated rings. The van der Waals surface area contributed by atoms with Gasteiger partial charge in [0.05, 0.1) is 12.7 Å². The number of benzene rings is 6. The minimum Gasteiger partial charge on any atom is -0.247 e. The van der Waals surface area contributed by atoms with Gasteiger partial charge in [-0.2, -0.15) is 0 Å². The molecule has 7 aromatic rings. The third kappa shape index (κ3) is 6.95. The summed E-state index contributed by atoms with van der Waals surface area (Å²) in [4.78, 5) is 0. The van der Waals surface area contributed by atoms with Crippen molar-refractivity contribution in [3.8, 4) is 11.3 Å². The van der Waals surface area contributed by atoms with E-state index in [0.717, 1.165) is 55.8 Å². The van der Waals surface area contributed by atoms with E-state index in [0.29, 0.717) is 6.54 Å². The van der Waals surface area contributed by atoms with E-state index in [1.165, 1.54) is 11.1 Å². The molecule has 3 heteroatoms. The van der Waals surface area contributed by atoms with E-state index < -0.39 is 0 Å². The molecule has 0 saturated carbocycles. The lowest BCUT2D eigenvalue weighted by Gasteiger charge is -2.19. The normalized spacial score (nSPS) is 11.9. The summed E-state index contributed by atoms with van der Waals surface area (Å²) in [5, 5.41) is 9.50. The van der Waals surface area contributed by atoms with E-state index in [4.69, 9.17) is 5.10 Å². The maximum atomic E-state index is 4.85. The fourth-order valence-electron chi connectivity index (χ4n) is 5.95. The summed E-state index contributed by atoms with van der Waals surface area (Å²) in [6.45, 7) is 2.75. The molecule has 0 saturated heterocycles. The molecule has 0 radical (unpaired) electrons. The first-order valence-electron chi connectivity index (χ1n) is 16.0. The minimum absolute atomic E-state index is 0.640. The summed E-state index contributed by atoms with van der Waals surface area (Å²) in [6.07, 6.45) is 6.63. The molecule has 6 aromatic carbocycles. The van der Waals surface area contributed by atoms with Crippen molar-refractivity contribution < 1.29 is 0 Å². The lowest BCUT2D eigenvalue weighted by Crippen LogP contribution is -2.00. The summed E-state index contributed by atoms with van der Waals surface area (Å²) in [7, 11) is 0. The molecule has 47 heavy (non-hydrogen) atoms. The topological polar surface area (TPSA) is 30.7 Å². The van der Waals surface area contributed by atoms with Crippen LogP contribution in [-0.4, -0.2) is 15.0 Å². The van der Waals surface area contributed by atoms with Gasteiger partial charge in [0.2, 0.25) is 0 Å². The molecule has 1 heterocycles. The summed E-state index contributed by atoms with van der Waals surface area (Å²) in [6, 6.07) is 57.4. The van der Waals surface area contributed by atoms with Crippen LogP contribution >= 0.6 is 0 Å². The van der Waals surface area contributed by atoms with Crippen LogP contribution in [0.3, 0.4) is 0 Å². The highest BCUT2D eigenvalue weighted by Gasteiger charge is 2.21. The van der Waals surface area contributed by atoms with Crippen LogP contribution in [0.25, 0.3) is 34.6 Å². The molecule has 0 atom stereocenters. The largest absolute Gasteiger partial charge is 0.247 e. The zero-order valence-corrected chi connectivity index (χ0v) is 26.4. The Labute approximate surface area is 276 Å². The molecule has 0 unspecified atom stereocenters. The van der Waals surface area contributed by atoms with Gasteiger partial charge in [-0.1, -0.05) is 175 Å². The molecule has 0 N–H and O–H groups in total. The minimum atomic E-state index is 0.640. The van der Waals surface area contributed by atoms with E-state index in [2.05, 4.69) is 194 Å². The van der Waals surface area contributed by atoms with Crippen molar-refractivity contribution in [2.75, 3.05) is 0 Å². The second-order valence-corrected chi connectivity index (χ2v) is 11.7. The van der Waals surface area contributed by atoms with Gasteiger partial charge in [0.15, 0.2) is 0 Å². The Morgan fingerprint density at radius 3 is 1.49 bits per heavy atom. The van der Waals surface area contributed by atoms with Crippen molar-refractivity contribution in [1.82, 2.24) is 15.0 Å². The summed E-state index contributed by atoms with van der Waals surface area (Å²) < 4.78 is 1.94. The van der Waals surface area contributed by atoms with Gasteiger partial charge < -0.3 is 0 Å². The second kappa shape index (κ2) is 13.9. The number of rotatable bonds is 9. The Bertz CT molecular complexity index is 2010. The van der Waals surface area contributed by atoms with Gasteiger partial charge in [-0.05, 0) is 69.2 Å². The van der Waals surface area contributed by atoms with Crippen LogP contribution < -0.4 is 0 Å². The fourth-order valence-corrected chi connectivity index (χ4v) is 5.95. The smallest absolute Gasteiger partial charge is 0.114 e. The molecule has 0 aliphatic heterocycles. The van der Waals surface area contributed by atoms with Crippen LogP contribution in [0.4, 0.5) is 0 Å². The maximum absolute atomic E-state index is 4.85. The van der Waals surface area contributed by atoms with E-state index >= 15 is 0 Å². The third-order valence-corrected chi connectivity index (χ3v) is 8.30. The van der Waals surface area contributed by atoms with E-state index in [-0.39, 0.29) is 0 Å².